The van der Waals surface area contributed by atoms with Gasteiger partial charge in [0.1, 0.15) is 0 Å². The monoisotopic (exact) mass is 297 g/mol. The maximum absolute atomic E-state index is 12.6. The fraction of sp³-hybridized carbons (Fsp3) is 0.600. The Morgan fingerprint density at radius 1 is 1.10 bits per heavy atom. The molecule has 1 heterocycles. The summed E-state index contributed by atoms with van der Waals surface area (Å²) in [6, 6.07) is 7.20. The van der Waals surface area contributed by atoms with E-state index in [0.717, 1.165) is 5.56 Å². The predicted molar refractivity (Wildman–Crippen MR) is 79.3 cm³/mol. The minimum Gasteiger partial charge on any atom is -0.373 e. The molecule has 1 aromatic rings. The van der Waals surface area contributed by atoms with Gasteiger partial charge in [0.15, 0.2) is 0 Å². The third-order valence-electron chi connectivity index (χ3n) is 3.57. The van der Waals surface area contributed by atoms with E-state index in [1.54, 1.807) is 12.1 Å². The molecule has 0 aliphatic carbocycles. The van der Waals surface area contributed by atoms with Gasteiger partial charge in [0, 0.05) is 13.1 Å². The Bertz CT molecular complexity index is 541. The number of ether oxygens (including phenoxy) is 1. The van der Waals surface area contributed by atoms with Gasteiger partial charge < -0.3 is 4.74 Å². The molecule has 2 atom stereocenters. The van der Waals surface area contributed by atoms with Crippen LogP contribution in [0, 0.1) is 0 Å². The van der Waals surface area contributed by atoms with Crippen molar-refractivity contribution in [2.45, 2.75) is 50.7 Å². The fourth-order valence-corrected chi connectivity index (χ4v) is 4.09. The van der Waals surface area contributed by atoms with Crippen molar-refractivity contribution in [3.8, 4) is 0 Å². The van der Waals surface area contributed by atoms with Crippen molar-refractivity contribution in [3.05, 3.63) is 29.8 Å². The van der Waals surface area contributed by atoms with Gasteiger partial charge in [0.2, 0.25) is 10.0 Å². The van der Waals surface area contributed by atoms with E-state index < -0.39 is 10.0 Å². The fourth-order valence-electron chi connectivity index (χ4n) is 2.50. The predicted octanol–water partition coefficient (Wildman–Crippen LogP) is 2.61. The highest BCUT2D eigenvalue weighted by Crippen LogP contribution is 2.23. The first-order valence-corrected chi connectivity index (χ1v) is 8.50. The quantitative estimate of drug-likeness (QED) is 0.861. The zero-order valence-corrected chi connectivity index (χ0v) is 13.4. The van der Waals surface area contributed by atoms with Crippen LogP contribution in [-0.4, -0.2) is 38.0 Å². The lowest BCUT2D eigenvalue weighted by atomic mass is 10.0. The molecule has 20 heavy (non-hydrogen) atoms. The zero-order valence-electron chi connectivity index (χ0n) is 12.5. The van der Waals surface area contributed by atoms with Crippen molar-refractivity contribution in [1.82, 2.24) is 4.31 Å². The van der Waals surface area contributed by atoms with Gasteiger partial charge >= 0.3 is 0 Å². The van der Waals surface area contributed by atoms with E-state index in [4.69, 9.17) is 4.74 Å². The third kappa shape index (κ3) is 3.22. The van der Waals surface area contributed by atoms with Crippen LogP contribution in [0.5, 0.6) is 0 Å². The van der Waals surface area contributed by atoms with Crippen LogP contribution in [0.3, 0.4) is 0 Å². The third-order valence-corrected chi connectivity index (χ3v) is 5.42. The van der Waals surface area contributed by atoms with Gasteiger partial charge in [0.25, 0.3) is 0 Å². The SMILES string of the molecule is CC(C)c1ccc(S(=O)(=O)N2C[C@@H](C)O[C@@H](C)C2)cc1. The van der Waals surface area contributed by atoms with Crippen LogP contribution < -0.4 is 0 Å². The zero-order chi connectivity index (χ0) is 14.9. The number of benzene rings is 1. The molecule has 0 bridgehead atoms. The van der Waals surface area contributed by atoms with E-state index >= 15 is 0 Å². The molecule has 2 rings (SSSR count). The minimum atomic E-state index is -3.42. The number of rotatable bonds is 3. The molecule has 112 valence electrons. The van der Waals surface area contributed by atoms with Crippen molar-refractivity contribution in [2.24, 2.45) is 0 Å². The van der Waals surface area contributed by atoms with E-state index in [-0.39, 0.29) is 12.2 Å². The number of hydrogen-bond donors (Lipinski definition) is 0. The summed E-state index contributed by atoms with van der Waals surface area (Å²) >= 11 is 0. The van der Waals surface area contributed by atoms with Crippen LogP contribution in [0.4, 0.5) is 0 Å². The topological polar surface area (TPSA) is 46.6 Å². The van der Waals surface area contributed by atoms with Crippen molar-refractivity contribution in [3.63, 3.8) is 0 Å². The summed E-state index contributed by atoms with van der Waals surface area (Å²) < 4.78 is 32.4. The highest BCUT2D eigenvalue weighted by molar-refractivity contribution is 7.89. The molecule has 1 saturated heterocycles. The van der Waals surface area contributed by atoms with Crippen LogP contribution in [0.1, 0.15) is 39.2 Å². The summed E-state index contributed by atoms with van der Waals surface area (Å²) in [4.78, 5) is 0.364. The average Bonchev–Trinajstić information content (AvgIpc) is 2.37. The maximum Gasteiger partial charge on any atom is 0.243 e. The highest BCUT2D eigenvalue weighted by Gasteiger charge is 2.32. The van der Waals surface area contributed by atoms with Gasteiger partial charge in [-0.1, -0.05) is 26.0 Å². The Kier molecular flexibility index (Phi) is 4.52. The first kappa shape index (κ1) is 15.5. The second-order valence-corrected chi connectivity index (χ2v) is 7.74. The van der Waals surface area contributed by atoms with Gasteiger partial charge in [-0.3, -0.25) is 0 Å². The van der Waals surface area contributed by atoms with E-state index in [2.05, 4.69) is 13.8 Å². The van der Waals surface area contributed by atoms with Crippen LogP contribution in [0.2, 0.25) is 0 Å². The van der Waals surface area contributed by atoms with Crippen molar-refractivity contribution in [1.29, 1.82) is 0 Å². The summed E-state index contributed by atoms with van der Waals surface area (Å²) in [6.45, 7) is 8.82. The summed E-state index contributed by atoms with van der Waals surface area (Å²) in [5.74, 6) is 0.398. The molecule has 0 radical (unpaired) electrons. The van der Waals surface area contributed by atoms with E-state index in [0.29, 0.717) is 23.9 Å². The molecule has 1 aliphatic heterocycles. The summed E-state index contributed by atoms with van der Waals surface area (Å²) in [5.41, 5.74) is 1.15. The van der Waals surface area contributed by atoms with Crippen LogP contribution >= 0.6 is 0 Å². The van der Waals surface area contributed by atoms with Crippen LogP contribution in [-0.2, 0) is 14.8 Å². The lowest BCUT2D eigenvalue weighted by molar-refractivity contribution is -0.0440. The molecule has 0 saturated carbocycles. The lowest BCUT2D eigenvalue weighted by Crippen LogP contribution is -2.48. The Hall–Kier alpha value is -0.910. The van der Waals surface area contributed by atoms with Crippen LogP contribution in [0.25, 0.3) is 0 Å². The minimum absolute atomic E-state index is 0.0662. The summed E-state index contributed by atoms with van der Waals surface area (Å²) in [6.07, 6.45) is -0.132. The van der Waals surface area contributed by atoms with Gasteiger partial charge in [-0.05, 0) is 37.5 Å². The normalized spacial score (nSPS) is 25.1. The molecule has 0 aromatic heterocycles. The lowest BCUT2D eigenvalue weighted by Gasteiger charge is -2.34. The Labute approximate surface area is 121 Å². The molecule has 1 aliphatic rings. The van der Waals surface area contributed by atoms with E-state index in [1.165, 1.54) is 4.31 Å². The van der Waals surface area contributed by atoms with Crippen LogP contribution in [0.15, 0.2) is 29.2 Å². The van der Waals surface area contributed by atoms with E-state index in [9.17, 15) is 8.42 Å². The molecule has 0 amide bonds. The van der Waals surface area contributed by atoms with Crippen molar-refractivity contribution in [2.75, 3.05) is 13.1 Å². The van der Waals surface area contributed by atoms with Crippen molar-refractivity contribution >= 4 is 10.0 Å². The van der Waals surface area contributed by atoms with Gasteiger partial charge in [0.05, 0.1) is 17.1 Å². The molecule has 1 fully saturated rings. The first-order chi connectivity index (χ1) is 9.30. The molecule has 4 nitrogen and oxygen atoms in total. The van der Waals surface area contributed by atoms with E-state index in [1.807, 2.05) is 26.0 Å². The number of sulfonamides is 1. The van der Waals surface area contributed by atoms with Gasteiger partial charge in [-0.25, -0.2) is 8.42 Å². The molecule has 0 spiro atoms. The second-order valence-electron chi connectivity index (χ2n) is 5.80. The Balaban J connectivity index is 2.25. The average molecular weight is 297 g/mol. The molecule has 1 aromatic carbocycles. The molecular formula is C15H23NO3S. The molecule has 0 N–H and O–H groups in total. The smallest absolute Gasteiger partial charge is 0.243 e. The Morgan fingerprint density at radius 3 is 2.05 bits per heavy atom. The first-order valence-electron chi connectivity index (χ1n) is 7.06. The number of morpholine rings is 1. The largest absolute Gasteiger partial charge is 0.373 e. The molecular weight excluding hydrogens is 274 g/mol. The molecule has 5 heteroatoms. The van der Waals surface area contributed by atoms with Gasteiger partial charge in [-0.2, -0.15) is 4.31 Å². The van der Waals surface area contributed by atoms with Gasteiger partial charge in [-0.15, -0.1) is 0 Å². The van der Waals surface area contributed by atoms with Crippen molar-refractivity contribution < 1.29 is 13.2 Å². The molecule has 0 unspecified atom stereocenters. The Morgan fingerprint density at radius 2 is 1.60 bits per heavy atom. The number of hydrogen-bond acceptors (Lipinski definition) is 3. The second kappa shape index (κ2) is 5.84. The maximum atomic E-state index is 12.6. The standard InChI is InChI=1S/C15H23NO3S/c1-11(2)14-5-7-15(8-6-14)20(17,18)16-9-12(3)19-13(4)10-16/h5-8,11-13H,9-10H2,1-4H3/t12-,13+. The summed E-state index contributed by atoms with van der Waals surface area (Å²) in [5, 5.41) is 0. The highest BCUT2D eigenvalue weighted by atomic mass is 32.2. The summed E-state index contributed by atoms with van der Waals surface area (Å²) in [7, 11) is -3.42. The number of nitrogens with zero attached hydrogens (tertiary/aromatic N) is 1.